The van der Waals surface area contributed by atoms with Crippen LogP contribution in [0.2, 0.25) is 0 Å². The minimum Gasteiger partial charge on any atom is -0.354 e. The Morgan fingerprint density at radius 3 is 2.11 bits per heavy atom. The molecule has 2 amide bonds. The summed E-state index contributed by atoms with van der Waals surface area (Å²) in [5.74, 6) is -0.751. The first-order valence-electron chi connectivity index (χ1n) is 12.8. The Bertz CT molecular complexity index is 1370. The SMILES string of the molecule is CCCNC(=O)[C@@H](C)N(Cc1cccc(C)c1)C(=O)CN(c1cccc(C)c1)S(=O)(=O)c1ccc(C)cc1. The van der Waals surface area contributed by atoms with Crippen LogP contribution in [-0.4, -0.2) is 44.3 Å². The van der Waals surface area contributed by atoms with Crippen molar-refractivity contribution in [1.82, 2.24) is 10.2 Å². The van der Waals surface area contributed by atoms with Crippen molar-refractivity contribution in [3.8, 4) is 0 Å². The fourth-order valence-corrected chi connectivity index (χ4v) is 5.54. The lowest BCUT2D eigenvalue weighted by Crippen LogP contribution is -2.51. The van der Waals surface area contributed by atoms with Gasteiger partial charge < -0.3 is 10.2 Å². The number of sulfonamides is 1. The van der Waals surface area contributed by atoms with Gasteiger partial charge in [0.2, 0.25) is 11.8 Å². The van der Waals surface area contributed by atoms with E-state index in [0.29, 0.717) is 12.2 Å². The second kappa shape index (κ2) is 12.7. The zero-order valence-corrected chi connectivity index (χ0v) is 23.6. The maximum absolute atomic E-state index is 13.9. The molecule has 0 spiro atoms. The van der Waals surface area contributed by atoms with Gasteiger partial charge >= 0.3 is 0 Å². The number of rotatable bonds is 11. The van der Waals surface area contributed by atoms with Crippen molar-refractivity contribution in [2.75, 3.05) is 17.4 Å². The number of hydrogen-bond donors (Lipinski definition) is 1. The molecule has 8 heteroatoms. The van der Waals surface area contributed by atoms with Crippen LogP contribution in [0.3, 0.4) is 0 Å². The van der Waals surface area contributed by atoms with Crippen LogP contribution in [0.25, 0.3) is 0 Å². The third-order valence-electron chi connectivity index (χ3n) is 6.33. The monoisotopic (exact) mass is 535 g/mol. The van der Waals surface area contributed by atoms with E-state index in [0.717, 1.165) is 33.0 Å². The molecule has 0 aliphatic rings. The van der Waals surface area contributed by atoms with E-state index in [9.17, 15) is 18.0 Å². The van der Waals surface area contributed by atoms with E-state index in [4.69, 9.17) is 0 Å². The van der Waals surface area contributed by atoms with Crippen LogP contribution < -0.4 is 9.62 Å². The Labute approximate surface area is 226 Å². The van der Waals surface area contributed by atoms with Crippen LogP contribution in [0.4, 0.5) is 5.69 Å². The fraction of sp³-hybridized carbons (Fsp3) is 0.333. The van der Waals surface area contributed by atoms with Gasteiger partial charge in [0.15, 0.2) is 0 Å². The number of benzene rings is 3. The maximum atomic E-state index is 13.9. The van der Waals surface area contributed by atoms with Crippen molar-refractivity contribution in [2.24, 2.45) is 0 Å². The van der Waals surface area contributed by atoms with Crippen molar-refractivity contribution in [3.05, 3.63) is 95.1 Å². The van der Waals surface area contributed by atoms with Gasteiger partial charge in [0.1, 0.15) is 12.6 Å². The summed E-state index contributed by atoms with van der Waals surface area (Å²) in [4.78, 5) is 28.4. The number of nitrogens with one attached hydrogen (secondary N) is 1. The average molecular weight is 536 g/mol. The molecule has 3 rings (SSSR count). The predicted octanol–water partition coefficient (Wildman–Crippen LogP) is 4.75. The molecule has 0 saturated carbocycles. The normalized spacial score (nSPS) is 12.0. The zero-order valence-electron chi connectivity index (χ0n) is 22.8. The molecule has 0 unspecified atom stereocenters. The summed E-state index contributed by atoms with van der Waals surface area (Å²) in [5.41, 5.74) is 4.07. The Balaban J connectivity index is 2.02. The Kier molecular flexibility index (Phi) is 9.69. The summed E-state index contributed by atoms with van der Waals surface area (Å²) in [7, 11) is -4.07. The topological polar surface area (TPSA) is 86.8 Å². The number of carbonyl (C=O) groups is 2. The molecule has 3 aromatic carbocycles. The van der Waals surface area contributed by atoms with Crippen LogP contribution in [0.15, 0.2) is 77.7 Å². The van der Waals surface area contributed by atoms with Crippen molar-refractivity contribution < 1.29 is 18.0 Å². The molecule has 1 N–H and O–H groups in total. The predicted molar refractivity (Wildman–Crippen MR) is 151 cm³/mol. The van der Waals surface area contributed by atoms with Gasteiger partial charge in [-0.3, -0.25) is 13.9 Å². The van der Waals surface area contributed by atoms with Gasteiger partial charge in [-0.1, -0.05) is 66.6 Å². The van der Waals surface area contributed by atoms with E-state index in [1.165, 1.54) is 4.90 Å². The van der Waals surface area contributed by atoms with Crippen molar-refractivity contribution in [2.45, 2.75) is 58.5 Å². The van der Waals surface area contributed by atoms with Gasteiger partial charge in [-0.15, -0.1) is 0 Å². The second-order valence-electron chi connectivity index (χ2n) is 9.64. The first-order valence-corrected chi connectivity index (χ1v) is 14.3. The van der Waals surface area contributed by atoms with Crippen LogP contribution >= 0.6 is 0 Å². The van der Waals surface area contributed by atoms with Gasteiger partial charge in [0.05, 0.1) is 10.6 Å². The summed E-state index contributed by atoms with van der Waals surface area (Å²) in [6, 6.07) is 20.5. The first-order chi connectivity index (χ1) is 18.0. The number of anilines is 1. The summed E-state index contributed by atoms with van der Waals surface area (Å²) < 4.78 is 28.8. The number of hydrogen-bond acceptors (Lipinski definition) is 4. The molecule has 202 valence electrons. The second-order valence-corrected chi connectivity index (χ2v) is 11.5. The molecular formula is C30H37N3O4S. The number of amides is 2. The third-order valence-corrected chi connectivity index (χ3v) is 8.12. The Morgan fingerprint density at radius 1 is 0.868 bits per heavy atom. The number of nitrogens with zero attached hydrogens (tertiary/aromatic N) is 2. The minimum atomic E-state index is -4.07. The summed E-state index contributed by atoms with van der Waals surface area (Å²) in [6.07, 6.45) is 0.764. The molecule has 0 aliphatic carbocycles. The quantitative estimate of drug-likeness (QED) is 0.384. The molecule has 38 heavy (non-hydrogen) atoms. The smallest absolute Gasteiger partial charge is 0.264 e. The largest absolute Gasteiger partial charge is 0.354 e. The highest BCUT2D eigenvalue weighted by Crippen LogP contribution is 2.25. The van der Waals surface area contributed by atoms with E-state index in [2.05, 4.69) is 5.32 Å². The van der Waals surface area contributed by atoms with E-state index in [1.54, 1.807) is 49.4 Å². The highest BCUT2D eigenvalue weighted by Gasteiger charge is 2.32. The van der Waals surface area contributed by atoms with E-state index < -0.39 is 28.5 Å². The van der Waals surface area contributed by atoms with Crippen LogP contribution in [0, 0.1) is 20.8 Å². The molecule has 0 radical (unpaired) electrons. The maximum Gasteiger partial charge on any atom is 0.264 e. The third kappa shape index (κ3) is 7.22. The van der Waals surface area contributed by atoms with E-state index >= 15 is 0 Å². The first kappa shape index (κ1) is 28.9. The summed E-state index contributed by atoms with van der Waals surface area (Å²) in [6.45, 7) is 9.55. The summed E-state index contributed by atoms with van der Waals surface area (Å²) >= 11 is 0. The van der Waals surface area contributed by atoms with Crippen LogP contribution in [-0.2, 0) is 26.2 Å². The molecule has 7 nitrogen and oxygen atoms in total. The van der Waals surface area contributed by atoms with Gasteiger partial charge in [0.25, 0.3) is 10.0 Å². The summed E-state index contributed by atoms with van der Waals surface area (Å²) in [5, 5.41) is 2.85. The van der Waals surface area contributed by atoms with Crippen LogP contribution in [0.1, 0.15) is 42.5 Å². The molecule has 3 aromatic rings. The molecule has 1 atom stereocenters. The molecule has 0 aliphatic heterocycles. The highest BCUT2D eigenvalue weighted by atomic mass is 32.2. The zero-order chi connectivity index (χ0) is 27.9. The number of carbonyl (C=O) groups excluding carboxylic acids is 2. The minimum absolute atomic E-state index is 0.0939. The molecule has 0 fully saturated rings. The van der Waals surface area contributed by atoms with Gasteiger partial charge in [-0.05, 0) is 69.5 Å². The van der Waals surface area contributed by atoms with Crippen molar-refractivity contribution >= 4 is 27.5 Å². The highest BCUT2D eigenvalue weighted by molar-refractivity contribution is 7.92. The van der Waals surface area contributed by atoms with Gasteiger partial charge in [-0.2, -0.15) is 0 Å². The Hall–Kier alpha value is -3.65. The van der Waals surface area contributed by atoms with Crippen molar-refractivity contribution in [3.63, 3.8) is 0 Å². The lowest BCUT2D eigenvalue weighted by molar-refractivity contribution is -0.139. The lowest BCUT2D eigenvalue weighted by atomic mass is 10.1. The molecule has 0 saturated heterocycles. The number of aryl methyl sites for hydroxylation is 3. The molecule has 0 bridgehead atoms. The van der Waals surface area contributed by atoms with Crippen molar-refractivity contribution in [1.29, 1.82) is 0 Å². The fourth-order valence-electron chi connectivity index (χ4n) is 4.14. The van der Waals surface area contributed by atoms with E-state index in [1.807, 2.05) is 58.0 Å². The standard InChI is InChI=1S/C30H37N3O4S/c1-6-17-31-30(35)25(5)32(20-26-11-7-9-23(3)18-26)29(34)21-33(27-12-8-10-24(4)19-27)38(36,37)28-15-13-22(2)14-16-28/h7-16,18-19,25H,6,17,20-21H2,1-5H3,(H,31,35)/t25-/m1/s1. The van der Waals surface area contributed by atoms with Gasteiger partial charge in [-0.25, -0.2) is 8.42 Å². The lowest BCUT2D eigenvalue weighted by Gasteiger charge is -2.32. The average Bonchev–Trinajstić information content (AvgIpc) is 2.88. The Morgan fingerprint density at radius 2 is 1.50 bits per heavy atom. The van der Waals surface area contributed by atoms with E-state index in [-0.39, 0.29) is 17.3 Å². The van der Waals surface area contributed by atoms with Crippen LogP contribution in [0.5, 0.6) is 0 Å². The van der Waals surface area contributed by atoms with Gasteiger partial charge in [0, 0.05) is 13.1 Å². The molecule has 0 heterocycles. The molecular weight excluding hydrogens is 498 g/mol. The molecule has 0 aromatic heterocycles.